The van der Waals surface area contributed by atoms with Gasteiger partial charge in [-0.25, -0.2) is 5.32 Å². The minimum Gasteiger partial charge on any atom is -0.497 e. The van der Waals surface area contributed by atoms with Gasteiger partial charge in [0.2, 0.25) is 0 Å². The number of aryl methyl sites for hydroxylation is 3. The third-order valence-corrected chi connectivity index (χ3v) is 5.62. The summed E-state index contributed by atoms with van der Waals surface area (Å²) in [6, 6.07) is 17.3. The summed E-state index contributed by atoms with van der Waals surface area (Å²) in [5.74, 6) is 0.881. The molecule has 28 heavy (non-hydrogen) atoms. The van der Waals surface area contributed by atoms with Crippen LogP contribution in [-0.2, 0) is 7.05 Å². The summed E-state index contributed by atoms with van der Waals surface area (Å²) >= 11 is 0. The van der Waals surface area contributed by atoms with Crippen molar-refractivity contribution in [2.45, 2.75) is 19.9 Å². The van der Waals surface area contributed by atoms with Crippen molar-refractivity contribution in [2.75, 3.05) is 31.6 Å². The van der Waals surface area contributed by atoms with Gasteiger partial charge in [0.05, 0.1) is 13.2 Å². The van der Waals surface area contributed by atoms with E-state index in [2.05, 4.69) is 73.0 Å². The van der Waals surface area contributed by atoms with E-state index in [9.17, 15) is 0 Å². The van der Waals surface area contributed by atoms with Gasteiger partial charge in [0, 0.05) is 49.8 Å². The lowest BCUT2D eigenvalue weighted by Gasteiger charge is -2.35. The Morgan fingerprint density at radius 3 is 2.39 bits per heavy atom. The number of aromatic nitrogens is 1. The van der Waals surface area contributed by atoms with Crippen LogP contribution in [0.25, 0.3) is 11.1 Å². The number of hydrogen-bond donors (Lipinski definition) is 0. The summed E-state index contributed by atoms with van der Waals surface area (Å²) in [4.78, 5) is 2.46. The lowest BCUT2D eigenvalue weighted by Crippen LogP contribution is -2.43. The summed E-state index contributed by atoms with van der Waals surface area (Å²) in [6.45, 7) is 7.05. The smallest absolute Gasteiger partial charge is 0.118 e. The molecule has 0 N–H and O–H groups in total. The second kappa shape index (κ2) is 7.72. The molecule has 1 saturated heterocycles. The fraction of sp³-hybridized carbons (Fsp3) is 0.333. The first-order valence-corrected chi connectivity index (χ1v) is 9.85. The van der Waals surface area contributed by atoms with Crippen molar-refractivity contribution in [3.8, 4) is 16.9 Å². The number of benzene rings is 2. The van der Waals surface area contributed by atoms with Crippen LogP contribution in [0.1, 0.15) is 22.9 Å². The lowest BCUT2D eigenvalue weighted by molar-refractivity contribution is 0.415. The zero-order valence-corrected chi connectivity index (χ0v) is 17.1. The molecule has 1 atom stereocenters. The van der Waals surface area contributed by atoms with E-state index in [0.29, 0.717) is 0 Å². The van der Waals surface area contributed by atoms with Crippen molar-refractivity contribution >= 4 is 5.69 Å². The Hall–Kier alpha value is -2.72. The van der Waals surface area contributed by atoms with E-state index in [4.69, 9.17) is 10.1 Å². The van der Waals surface area contributed by atoms with E-state index in [1.54, 1.807) is 7.11 Å². The average molecular weight is 375 g/mol. The Labute approximate surface area is 167 Å². The molecule has 1 aliphatic heterocycles. The van der Waals surface area contributed by atoms with Crippen LogP contribution in [0.4, 0.5) is 5.69 Å². The van der Waals surface area contributed by atoms with Gasteiger partial charge in [0.15, 0.2) is 0 Å². The molecule has 1 unspecified atom stereocenters. The molecule has 1 radical (unpaired) electrons. The van der Waals surface area contributed by atoms with Crippen LogP contribution in [-0.4, -0.2) is 31.3 Å². The van der Waals surface area contributed by atoms with Gasteiger partial charge in [-0.3, -0.25) is 0 Å². The highest BCUT2D eigenvalue weighted by atomic mass is 16.5. The Morgan fingerprint density at radius 1 is 1.00 bits per heavy atom. The lowest BCUT2D eigenvalue weighted by atomic mass is 9.97. The van der Waals surface area contributed by atoms with E-state index in [0.717, 1.165) is 25.4 Å². The SMILES string of the molecule is COc1ccc(-c2c(C)cn(C)c2C2CN(c3ccc(C)cc3)CC[N]2)cc1. The van der Waals surface area contributed by atoms with Gasteiger partial charge in [-0.15, -0.1) is 0 Å². The number of nitrogens with zero attached hydrogens (tertiary/aromatic N) is 3. The minimum absolute atomic E-state index is 0.158. The van der Waals surface area contributed by atoms with Gasteiger partial charge in [0.1, 0.15) is 5.75 Å². The first-order chi connectivity index (χ1) is 13.6. The van der Waals surface area contributed by atoms with Gasteiger partial charge >= 0.3 is 0 Å². The first-order valence-electron chi connectivity index (χ1n) is 9.85. The maximum absolute atomic E-state index is 5.33. The molecule has 0 spiro atoms. The number of methoxy groups -OCH3 is 1. The first kappa shape index (κ1) is 18.6. The van der Waals surface area contributed by atoms with Crippen LogP contribution < -0.4 is 15.0 Å². The van der Waals surface area contributed by atoms with Crippen LogP contribution in [0.3, 0.4) is 0 Å². The third kappa shape index (κ3) is 3.52. The molecule has 4 nitrogen and oxygen atoms in total. The summed E-state index contributed by atoms with van der Waals surface area (Å²) < 4.78 is 7.58. The summed E-state index contributed by atoms with van der Waals surface area (Å²) in [5, 5.41) is 5.00. The molecular weight excluding hydrogens is 346 g/mol. The van der Waals surface area contributed by atoms with Crippen molar-refractivity contribution in [3.05, 3.63) is 71.5 Å². The highest BCUT2D eigenvalue weighted by Crippen LogP contribution is 2.35. The van der Waals surface area contributed by atoms with Gasteiger partial charge in [-0.1, -0.05) is 29.8 Å². The minimum atomic E-state index is 0.158. The molecule has 4 rings (SSSR count). The number of piperazine rings is 1. The Bertz CT molecular complexity index is 941. The Morgan fingerprint density at radius 2 is 1.71 bits per heavy atom. The van der Waals surface area contributed by atoms with Crippen LogP contribution in [0.5, 0.6) is 5.75 Å². The van der Waals surface area contributed by atoms with Crippen molar-refractivity contribution in [3.63, 3.8) is 0 Å². The number of hydrogen-bond acceptors (Lipinski definition) is 2. The zero-order chi connectivity index (χ0) is 19.7. The maximum atomic E-state index is 5.33. The number of ether oxygens (including phenoxy) is 1. The van der Waals surface area contributed by atoms with Crippen LogP contribution in [0.15, 0.2) is 54.7 Å². The third-order valence-electron chi connectivity index (χ3n) is 5.62. The molecule has 1 aromatic heterocycles. The number of rotatable bonds is 4. The van der Waals surface area contributed by atoms with Crippen molar-refractivity contribution in [1.29, 1.82) is 0 Å². The Kier molecular flexibility index (Phi) is 5.14. The Balaban J connectivity index is 1.67. The van der Waals surface area contributed by atoms with Gasteiger partial charge in [-0.05, 0) is 49.2 Å². The second-order valence-electron chi connectivity index (χ2n) is 7.62. The standard InChI is InChI=1S/C24H28N3O/c1-17-5-9-20(10-6-17)27-14-13-25-22(16-27)24-23(18(2)15-26(24)3)19-7-11-21(28-4)12-8-19/h5-12,15,22H,13-14,16H2,1-4H3. The molecule has 0 saturated carbocycles. The van der Waals surface area contributed by atoms with Gasteiger partial charge in [0.25, 0.3) is 0 Å². The summed E-state index contributed by atoms with van der Waals surface area (Å²) in [7, 11) is 3.84. The van der Waals surface area contributed by atoms with Gasteiger partial charge < -0.3 is 14.2 Å². The highest BCUT2D eigenvalue weighted by molar-refractivity contribution is 5.72. The normalized spacial score (nSPS) is 17.0. The van der Waals surface area contributed by atoms with Crippen molar-refractivity contribution < 1.29 is 4.74 Å². The van der Waals surface area contributed by atoms with Crippen molar-refractivity contribution in [2.24, 2.45) is 7.05 Å². The maximum Gasteiger partial charge on any atom is 0.118 e. The van der Waals surface area contributed by atoms with E-state index >= 15 is 0 Å². The molecule has 2 heterocycles. The second-order valence-corrected chi connectivity index (χ2v) is 7.62. The fourth-order valence-electron chi connectivity index (χ4n) is 4.19. The van der Waals surface area contributed by atoms with Crippen LogP contribution >= 0.6 is 0 Å². The highest BCUT2D eigenvalue weighted by Gasteiger charge is 2.28. The van der Waals surface area contributed by atoms with Crippen LogP contribution in [0, 0.1) is 13.8 Å². The predicted molar refractivity (Wildman–Crippen MR) is 115 cm³/mol. The average Bonchev–Trinajstić information content (AvgIpc) is 3.02. The predicted octanol–water partition coefficient (Wildman–Crippen LogP) is 4.48. The number of anilines is 1. The molecule has 2 aromatic carbocycles. The zero-order valence-electron chi connectivity index (χ0n) is 17.1. The summed E-state index contributed by atoms with van der Waals surface area (Å²) in [5.41, 5.74) is 7.66. The molecular formula is C24H28N3O. The molecule has 0 bridgehead atoms. The van der Waals surface area contributed by atoms with E-state index in [1.807, 2.05) is 12.1 Å². The summed E-state index contributed by atoms with van der Waals surface area (Å²) in [6.07, 6.45) is 2.22. The van der Waals surface area contributed by atoms with E-state index < -0.39 is 0 Å². The van der Waals surface area contributed by atoms with Crippen molar-refractivity contribution in [1.82, 2.24) is 9.88 Å². The van der Waals surface area contributed by atoms with Gasteiger partial charge in [-0.2, -0.15) is 0 Å². The molecule has 0 amide bonds. The quantitative estimate of drug-likeness (QED) is 0.674. The molecule has 1 fully saturated rings. The van der Waals surface area contributed by atoms with Crippen LogP contribution in [0.2, 0.25) is 0 Å². The van der Waals surface area contributed by atoms with E-state index in [-0.39, 0.29) is 6.04 Å². The van der Waals surface area contributed by atoms with E-state index in [1.165, 1.54) is 33.6 Å². The molecule has 145 valence electrons. The largest absolute Gasteiger partial charge is 0.497 e. The molecule has 4 heteroatoms. The molecule has 0 aliphatic carbocycles. The monoisotopic (exact) mass is 374 g/mol. The molecule has 1 aliphatic rings. The molecule has 3 aromatic rings. The fourth-order valence-corrected chi connectivity index (χ4v) is 4.19. The topological polar surface area (TPSA) is 31.5 Å².